The van der Waals surface area contributed by atoms with Gasteiger partial charge in [-0.15, -0.1) is 0 Å². The second kappa shape index (κ2) is 10.1. The number of hydrogen-bond acceptors (Lipinski definition) is 4. The minimum absolute atomic E-state index is 0.0216. The van der Waals surface area contributed by atoms with Crippen LogP contribution in [0.2, 0.25) is 0 Å². The van der Waals surface area contributed by atoms with E-state index in [1.165, 1.54) is 6.07 Å². The predicted octanol–water partition coefficient (Wildman–Crippen LogP) is 1.71. The Hall–Kier alpha value is -2.06. The molecule has 2 fully saturated rings. The predicted molar refractivity (Wildman–Crippen MR) is 107 cm³/mol. The molecule has 1 N–H and O–H groups in total. The van der Waals surface area contributed by atoms with Crippen molar-refractivity contribution in [3.8, 4) is 0 Å². The van der Waals surface area contributed by atoms with Crippen LogP contribution in [0.3, 0.4) is 0 Å². The van der Waals surface area contributed by atoms with Gasteiger partial charge in [-0.25, -0.2) is 8.78 Å². The molecule has 2 heterocycles. The SMILES string of the molecule is CCN1CCC[C@@H]1CN(CCC(=O)N1CCNCC1)C(=O)c1ccc(F)c(F)c1. The fraction of sp³-hybridized carbons (Fsp3) is 0.619. The molecule has 1 atom stereocenters. The molecule has 1 aromatic carbocycles. The minimum atomic E-state index is -1.04. The zero-order valence-electron chi connectivity index (χ0n) is 17.0. The number of carbonyl (C=O) groups excluding carboxylic acids is 2. The highest BCUT2D eigenvalue weighted by atomic mass is 19.2. The third-order valence-electron chi connectivity index (χ3n) is 5.86. The van der Waals surface area contributed by atoms with Crippen LogP contribution in [0.15, 0.2) is 18.2 Å². The molecule has 2 aliphatic heterocycles. The van der Waals surface area contributed by atoms with Crippen LogP contribution in [0.5, 0.6) is 0 Å². The molecule has 6 nitrogen and oxygen atoms in total. The second-order valence-electron chi connectivity index (χ2n) is 7.69. The van der Waals surface area contributed by atoms with Gasteiger partial charge in [-0.1, -0.05) is 6.92 Å². The Morgan fingerprint density at radius 1 is 1.17 bits per heavy atom. The van der Waals surface area contributed by atoms with Gasteiger partial charge in [0.25, 0.3) is 5.91 Å². The van der Waals surface area contributed by atoms with E-state index in [4.69, 9.17) is 0 Å². The van der Waals surface area contributed by atoms with Gasteiger partial charge < -0.3 is 15.1 Å². The summed E-state index contributed by atoms with van der Waals surface area (Å²) in [5.74, 6) is -2.35. The van der Waals surface area contributed by atoms with Gasteiger partial charge >= 0.3 is 0 Å². The summed E-state index contributed by atoms with van der Waals surface area (Å²) in [6, 6.07) is 3.44. The Kier molecular flexibility index (Phi) is 7.55. The van der Waals surface area contributed by atoms with E-state index >= 15 is 0 Å². The summed E-state index contributed by atoms with van der Waals surface area (Å²) in [5.41, 5.74) is 0.111. The van der Waals surface area contributed by atoms with Gasteiger partial charge in [-0.3, -0.25) is 14.5 Å². The Morgan fingerprint density at radius 3 is 2.62 bits per heavy atom. The summed E-state index contributed by atoms with van der Waals surface area (Å²) < 4.78 is 26.9. The van der Waals surface area contributed by atoms with Gasteiger partial charge in [0.05, 0.1) is 0 Å². The molecule has 0 aliphatic carbocycles. The van der Waals surface area contributed by atoms with Crippen LogP contribution in [-0.4, -0.2) is 84.9 Å². The maximum Gasteiger partial charge on any atom is 0.254 e. The topological polar surface area (TPSA) is 55.9 Å². The van der Waals surface area contributed by atoms with Gasteiger partial charge in [-0.2, -0.15) is 0 Å². The lowest BCUT2D eigenvalue weighted by atomic mass is 10.1. The molecular weight excluding hydrogens is 378 g/mol. The van der Waals surface area contributed by atoms with Gasteiger partial charge in [0.15, 0.2) is 11.6 Å². The summed E-state index contributed by atoms with van der Waals surface area (Å²) in [7, 11) is 0. The van der Waals surface area contributed by atoms with Gasteiger partial charge in [0.2, 0.25) is 5.91 Å². The molecule has 8 heteroatoms. The lowest BCUT2D eigenvalue weighted by Gasteiger charge is -2.32. The number of piperazine rings is 1. The third kappa shape index (κ3) is 5.51. The highest BCUT2D eigenvalue weighted by Crippen LogP contribution is 2.20. The van der Waals surface area contributed by atoms with E-state index in [2.05, 4.69) is 17.1 Å². The molecule has 29 heavy (non-hydrogen) atoms. The molecular formula is C21H30F2N4O2. The number of nitrogens with zero attached hydrogens (tertiary/aromatic N) is 3. The summed E-state index contributed by atoms with van der Waals surface area (Å²) in [6.45, 7) is 7.63. The van der Waals surface area contributed by atoms with E-state index in [9.17, 15) is 18.4 Å². The average Bonchev–Trinajstić information content (AvgIpc) is 3.20. The number of halogens is 2. The van der Waals surface area contributed by atoms with Crippen molar-refractivity contribution >= 4 is 11.8 Å². The van der Waals surface area contributed by atoms with Crippen LogP contribution in [0.1, 0.15) is 36.5 Å². The van der Waals surface area contributed by atoms with Crippen molar-refractivity contribution in [3.63, 3.8) is 0 Å². The second-order valence-corrected chi connectivity index (χ2v) is 7.69. The van der Waals surface area contributed by atoms with E-state index in [0.29, 0.717) is 19.6 Å². The quantitative estimate of drug-likeness (QED) is 0.747. The van der Waals surface area contributed by atoms with Crippen LogP contribution in [0, 0.1) is 11.6 Å². The average molecular weight is 408 g/mol. The van der Waals surface area contributed by atoms with Crippen molar-refractivity contribution in [1.82, 2.24) is 20.0 Å². The van der Waals surface area contributed by atoms with Crippen molar-refractivity contribution < 1.29 is 18.4 Å². The standard InChI is InChI=1S/C21H30F2N4O2/c1-2-25-10-3-4-17(25)15-27(11-7-20(28)26-12-8-24-9-13-26)21(29)16-5-6-18(22)19(23)14-16/h5-6,14,17,24H,2-4,7-13,15H2,1H3/t17-/m1/s1. The first-order valence-electron chi connectivity index (χ1n) is 10.5. The Morgan fingerprint density at radius 2 is 1.93 bits per heavy atom. The summed E-state index contributed by atoms with van der Waals surface area (Å²) in [5, 5.41) is 3.21. The fourth-order valence-electron chi connectivity index (χ4n) is 4.16. The van der Waals surface area contributed by atoms with Crippen molar-refractivity contribution in [3.05, 3.63) is 35.4 Å². The van der Waals surface area contributed by atoms with E-state index in [-0.39, 0.29) is 36.4 Å². The number of likely N-dealkylation sites (tertiary alicyclic amines) is 1. The molecule has 160 valence electrons. The van der Waals surface area contributed by atoms with Crippen molar-refractivity contribution in [1.29, 1.82) is 0 Å². The summed E-state index contributed by atoms with van der Waals surface area (Å²) >= 11 is 0. The van der Waals surface area contributed by atoms with Crippen LogP contribution in [0.4, 0.5) is 8.78 Å². The first-order valence-corrected chi connectivity index (χ1v) is 10.5. The highest BCUT2D eigenvalue weighted by molar-refractivity contribution is 5.94. The number of rotatable bonds is 7. The van der Waals surface area contributed by atoms with E-state index in [0.717, 1.165) is 51.2 Å². The molecule has 0 spiro atoms. The number of likely N-dealkylation sites (N-methyl/N-ethyl adjacent to an activating group) is 1. The highest BCUT2D eigenvalue weighted by Gasteiger charge is 2.28. The molecule has 1 aromatic rings. The normalized spacial score (nSPS) is 20.1. The maximum absolute atomic E-state index is 13.7. The molecule has 2 aliphatic rings. The van der Waals surface area contributed by atoms with Crippen LogP contribution in [0.25, 0.3) is 0 Å². The zero-order valence-corrected chi connectivity index (χ0v) is 17.0. The molecule has 0 saturated carbocycles. The smallest absolute Gasteiger partial charge is 0.254 e. The monoisotopic (exact) mass is 408 g/mol. The number of nitrogens with one attached hydrogen (secondary N) is 1. The Labute approximate surface area is 170 Å². The molecule has 0 aromatic heterocycles. The zero-order chi connectivity index (χ0) is 20.8. The van der Waals surface area contributed by atoms with Gasteiger partial charge in [0, 0.05) is 57.3 Å². The van der Waals surface area contributed by atoms with E-state index < -0.39 is 11.6 Å². The van der Waals surface area contributed by atoms with Gasteiger partial charge in [0.1, 0.15) is 0 Å². The third-order valence-corrected chi connectivity index (χ3v) is 5.86. The molecule has 2 saturated heterocycles. The number of carbonyl (C=O) groups is 2. The lowest BCUT2D eigenvalue weighted by Crippen LogP contribution is -2.48. The first-order chi connectivity index (χ1) is 14.0. The molecule has 2 amide bonds. The summed E-state index contributed by atoms with van der Waals surface area (Å²) in [6.07, 6.45) is 2.29. The minimum Gasteiger partial charge on any atom is -0.340 e. The lowest BCUT2D eigenvalue weighted by molar-refractivity contribution is -0.132. The maximum atomic E-state index is 13.7. The molecule has 3 rings (SSSR count). The number of hydrogen-bond donors (Lipinski definition) is 1. The van der Waals surface area contributed by atoms with Gasteiger partial charge in [-0.05, 0) is 44.1 Å². The van der Waals surface area contributed by atoms with Crippen molar-refractivity contribution in [2.45, 2.75) is 32.2 Å². The van der Waals surface area contributed by atoms with Crippen molar-refractivity contribution in [2.24, 2.45) is 0 Å². The largest absolute Gasteiger partial charge is 0.340 e. The van der Waals surface area contributed by atoms with E-state index in [1.54, 1.807) is 4.90 Å². The Balaban J connectivity index is 1.70. The van der Waals surface area contributed by atoms with Crippen molar-refractivity contribution in [2.75, 3.05) is 52.4 Å². The molecule has 0 unspecified atom stereocenters. The molecule has 0 radical (unpaired) electrons. The van der Waals surface area contributed by atoms with Crippen LogP contribution < -0.4 is 5.32 Å². The Bertz CT molecular complexity index is 725. The number of benzene rings is 1. The van der Waals surface area contributed by atoms with Crippen LogP contribution in [-0.2, 0) is 4.79 Å². The first kappa shape index (κ1) is 21.6. The van der Waals surface area contributed by atoms with Crippen LogP contribution >= 0.6 is 0 Å². The molecule has 0 bridgehead atoms. The summed E-state index contributed by atoms with van der Waals surface area (Å²) in [4.78, 5) is 31.4. The fourth-order valence-corrected chi connectivity index (χ4v) is 4.16. The number of amides is 2. The van der Waals surface area contributed by atoms with E-state index in [1.807, 2.05) is 4.90 Å².